The van der Waals surface area contributed by atoms with Gasteiger partial charge in [0.15, 0.2) is 16.4 Å². The number of carboxylic acid groups (broad SMARTS) is 1. The van der Waals surface area contributed by atoms with Gasteiger partial charge in [0.1, 0.15) is 22.8 Å². The van der Waals surface area contributed by atoms with E-state index in [-0.39, 0.29) is 33.3 Å². The average molecular weight is 578 g/mol. The minimum Gasteiger partial charge on any atom is -0.477 e. The molecule has 1 saturated heterocycles. The molecule has 0 aliphatic carbocycles. The molecular formula is C21H15N5O7S4. The summed E-state index contributed by atoms with van der Waals surface area (Å²) in [6.45, 7) is 0. The van der Waals surface area contributed by atoms with Gasteiger partial charge in [-0.1, -0.05) is 16.9 Å². The first-order valence-corrected chi connectivity index (χ1v) is 13.9. The molecule has 190 valence electrons. The summed E-state index contributed by atoms with van der Waals surface area (Å²) in [5.41, 5.74) is 5.46. The predicted octanol–water partition coefficient (Wildman–Crippen LogP) is 2.12. The number of β-lactam (4-membered cyclic amide) rings is 1. The normalized spacial score (nSPS) is 19.8. The minimum absolute atomic E-state index is 0.0513. The van der Waals surface area contributed by atoms with Crippen LogP contribution in [0.5, 0.6) is 0 Å². The third-order valence-electron chi connectivity index (χ3n) is 5.33. The van der Waals surface area contributed by atoms with Gasteiger partial charge in [-0.3, -0.25) is 19.3 Å². The maximum atomic E-state index is 12.9. The van der Waals surface area contributed by atoms with Gasteiger partial charge in [0, 0.05) is 17.2 Å². The van der Waals surface area contributed by atoms with Crippen molar-refractivity contribution in [3.05, 3.63) is 62.4 Å². The number of nitrogens with two attached hydrogens (primary N) is 1. The molecule has 16 heteroatoms. The van der Waals surface area contributed by atoms with Gasteiger partial charge in [-0.2, -0.15) is 0 Å². The number of fused-ring (bicyclic) bond motifs is 2. The Kier molecular flexibility index (Phi) is 6.80. The molecular weight excluding hydrogens is 563 g/mol. The summed E-state index contributed by atoms with van der Waals surface area (Å²) in [4.78, 5) is 54.7. The number of thiazole rings is 1. The van der Waals surface area contributed by atoms with E-state index in [1.165, 1.54) is 52.6 Å². The Morgan fingerprint density at radius 2 is 2.19 bits per heavy atom. The van der Waals surface area contributed by atoms with E-state index in [4.69, 9.17) is 10.2 Å². The number of oxime groups is 1. The second-order valence-electron chi connectivity index (χ2n) is 7.52. The summed E-state index contributed by atoms with van der Waals surface area (Å²) < 4.78 is 6.56. The molecule has 2 atom stereocenters. The van der Waals surface area contributed by atoms with E-state index in [0.29, 0.717) is 14.5 Å². The van der Waals surface area contributed by atoms with Crippen molar-refractivity contribution in [3.63, 3.8) is 0 Å². The highest BCUT2D eigenvalue weighted by Gasteiger charge is 2.54. The first kappa shape index (κ1) is 25.1. The summed E-state index contributed by atoms with van der Waals surface area (Å²) in [5.74, 6) is -2.48. The lowest BCUT2D eigenvalue weighted by Crippen LogP contribution is -2.71. The number of thioether (sulfide) groups is 2. The molecule has 5 heterocycles. The van der Waals surface area contributed by atoms with Crippen LogP contribution in [0.2, 0.25) is 0 Å². The molecule has 1 fully saturated rings. The summed E-state index contributed by atoms with van der Waals surface area (Å²) in [6, 6.07) is 2.13. The fourth-order valence-corrected chi connectivity index (χ4v) is 7.48. The van der Waals surface area contributed by atoms with Crippen LogP contribution in [0.4, 0.5) is 5.13 Å². The van der Waals surface area contributed by atoms with Gasteiger partial charge >= 0.3 is 5.97 Å². The standard InChI is InChI=1S/C21H15N5O7S4/c22-21-23-9(7-36-21)13(25-32)17(28)24-14-18(29)26-15(20(30)31)8(6-35-19(14)26)2-4-34-12-5-10(27)16-11(37-12)1-3-33-16/h1-5,7,14,19,32H,6H2,(H2,22,23)(H,24,28)(H,30,31)/t14?,19-/m1/s1. The van der Waals surface area contributed by atoms with Crippen molar-refractivity contribution in [1.82, 2.24) is 15.2 Å². The minimum atomic E-state index is -1.28. The lowest BCUT2D eigenvalue weighted by molar-refractivity contribution is -0.150. The zero-order chi connectivity index (χ0) is 26.3. The fourth-order valence-electron chi connectivity index (χ4n) is 3.70. The Hall–Kier alpha value is -3.60. The van der Waals surface area contributed by atoms with Crippen LogP contribution in [0, 0.1) is 0 Å². The van der Waals surface area contributed by atoms with E-state index < -0.39 is 34.9 Å². The Bertz CT molecular complexity index is 1590. The summed E-state index contributed by atoms with van der Waals surface area (Å²) in [5, 5.41) is 27.2. The Labute approximate surface area is 223 Å². The maximum Gasteiger partial charge on any atom is 0.352 e. The van der Waals surface area contributed by atoms with Gasteiger partial charge in [-0.25, -0.2) is 9.78 Å². The van der Waals surface area contributed by atoms with E-state index in [1.54, 1.807) is 17.6 Å². The van der Waals surface area contributed by atoms with Crippen LogP contribution in [-0.4, -0.2) is 60.9 Å². The van der Waals surface area contributed by atoms with Crippen molar-refractivity contribution in [2.45, 2.75) is 15.6 Å². The number of amides is 2. The maximum absolute atomic E-state index is 12.9. The van der Waals surface area contributed by atoms with E-state index in [1.807, 2.05) is 0 Å². The number of furan rings is 1. The number of hydrogen-bond donors (Lipinski definition) is 4. The number of aromatic nitrogens is 1. The number of nitrogens with zero attached hydrogens (tertiary/aromatic N) is 3. The second kappa shape index (κ2) is 10.0. The topological polar surface area (TPSA) is 188 Å². The van der Waals surface area contributed by atoms with Crippen molar-refractivity contribution in [2.75, 3.05) is 11.5 Å². The van der Waals surface area contributed by atoms with E-state index in [9.17, 15) is 29.5 Å². The van der Waals surface area contributed by atoms with Crippen molar-refractivity contribution < 1.29 is 29.1 Å². The molecule has 0 aromatic carbocycles. The molecule has 0 saturated carbocycles. The molecule has 1 unspecified atom stereocenters. The monoisotopic (exact) mass is 577 g/mol. The zero-order valence-corrected chi connectivity index (χ0v) is 21.6. The van der Waals surface area contributed by atoms with Crippen LogP contribution in [0.1, 0.15) is 5.69 Å². The first-order chi connectivity index (χ1) is 17.8. The van der Waals surface area contributed by atoms with Crippen molar-refractivity contribution >= 4 is 85.1 Å². The predicted molar refractivity (Wildman–Crippen MR) is 140 cm³/mol. The second-order valence-corrected chi connectivity index (χ2v) is 11.8. The Morgan fingerprint density at radius 3 is 2.89 bits per heavy atom. The number of carbonyl (C=O) groups is 3. The molecule has 5 rings (SSSR count). The molecule has 2 amide bonds. The molecule has 5 N–H and O–H groups in total. The van der Waals surface area contributed by atoms with Gasteiger partial charge in [-0.05, 0) is 23.1 Å². The Balaban J connectivity index is 1.31. The number of carboxylic acids is 1. The number of rotatable bonds is 7. The SMILES string of the molecule is Nc1nc(C(=NO)C(=O)NC2C(=O)N3C(C(=O)O)=C(C=CSc4cc(=O)c5occc5s4)CS[C@H]23)cs1. The zero-order valence-electron chi connectivity index (χ0n) is 18.3. The molecule has 37 heavy (non-hydrogen) atoms. The number of nitrogens with one attached hydrogen (secondary N) is 1. The third-order valence-corrected chi connectivity index (χ3v) is 9.33. The number of nitrogen functional groups attached to an aromatic ring is 1. The van der Waals surface area contributed by atoms with E-state index in [2.05, 4.69) is 15.5 Å². The number of aliphatic carboxylic acids is 1. The third kappa shape index (κ3) is 4.63. The van der Waals surface area contributed by atoms with Crippen LogP contribution >= 0.6 is 46.2 Å². The number of carbonyl (C=O) groups excluding carboxylic acids is 2. The highest BCUT2D eigenvalue weighted by atomic mass is 32.2. The highest BCUT2D eigenvalue weighted by molar-refractivity contribution is 8.04. The van der Waals surface area contributed by atoms with Crippen LogP contribution in [0.15, 0.2) is 65.1 Å². The smallest absolute Gasteiger partial charge is 0.352 e. The molecule has 3 aromatic heterocycles. The molecule has 12 nitrogen and oxygen atoms in total. The van der Waals surface area contributed by atoms with E-state index >= 15 is 0 Å². The molecule has 0 radical (unpaired) electrons. The van der Waals surface area contributed by atoms with Gasteiger partial charge in [-0.15, -0.1) is 34.4 Å². The largest absolute Gasteiger partial charge is 0.477 e. The lowest BCUT2D eigenvalue weighted by Gasteiger charge is -2.49. The number of allylic oxidation sites excluding steroid dienone is 1. The van der Waals surface area contributed by atoms with Crippen molar-refractivity contribution in [2.24, 2.45) is 5.16 Å². The number of anilines is 1. The van der Waals surface area contributed by atoms with Crippen LogP contribution in [-0.2, 0) is 14.4 Å². The van der Waals surface area contributed by atoms with Gasteiger partial charge in [0.2, 0.25) is 5.43 Å². The summed E-state index contributed by atoms with van der Waals surface area (Å²) in [6.07, 6.45) is 3.04. The molecule has 0 spiro atoms. The molecule has 0 bridgehead atoms. The van der Waals surface area contributed by atoms with Gasteiger partial charge < -0.3 is 25.8 Å². The molecule has 2 aliphatic heterocycles. The number of hydrogen-bond acceptors (Lipinski definition) is 13. The van der Waals surface area contributed by atoms with Gasteiger partial charge in [0.05, 0.1) is 15.2 Å². The molecule has 2 aliphatic rings. The van der Waals surface area contributed by atoms with Crippen LogP contribution in [0.3, 0.4) is 0 Å². The average Bonchev–Trinajstić information content (AvgIpc) is 3.52. The molecule has 3 aromatic rings. The quantitative estimate of drug-likeness (QED) is 0.106. The van der Waals surface area contributed by atoms with E-state index in [0.717, 1.165) is 16.2 Å². The van der Waals surface area contributed by atoms with Gasteiger partial charge in [0.25, 0.3) is 11.8 Å². The fraction of sp³-hybridized carbons (Fsp3) is 0.143. The van der Waals surface area contributed by atoms with Crippen molar-refractivity contribution in [1.29, 1.82) is 0 Å². The van der Waals surface area contributed by atoms with Crippen molar-refractivity contribution in [3.8, 4) is 0 Å². The first-order valence-electron chi connectivity index (χ1n) is 10.3. The van der Waals surface area contributed by atoms with Crippen LogP contribution in [0.25, 0.3) is 10.3 Å². The summed E-state index contributed by atoms with van der Waals surface area (Å²) in [7, 11) is 0. The Morgan fingerprint density at radius 1 is 1.38 bits per heavy atom. The van der Waals surface area contributed by atoms with Crippen LogP contribution < -0.4 is 16.5 Å². The lowest BCUT2D eigenvalue weighted by atomic mass is 10.0. The highest BCUT2D eigenvalue weighted by Crippen LogP contribution is 2.41. The summed E-state index contributed by atoms with van der Waals surface area (Å²) >= 11 is 4.93.